The summed E-state index contributed by atoms with van der Waals surface area (Å²) in [4.78, 5) is 14.0. The number of hydrogen-bond donors (Lipinski definition) is 1. The lowest BCUT2D eigenvalue weighted by atomic mass is 10.2. The summed E-state index contributed by atoms with van der Waals surface area (Å²) in [6.45, 7) is 8.75. The second-order valence-corrected chi connectivity index (χ2v) is 6.46. The quantitative estimate of drug-likeness (QED) is 0.891. The maximum absolute atomic E-state index is 12.2. The minimum absolute atomic E-state index is 0.00387. The van der Waals surface area contributed by atoms with Crippen LogP contribution < -0.4 is 5.73 Å². The van der Waals surface area contributed by atoms with E-state index in [1.165, 1.54) is 0 Å². The lowest BCUT2D eigenvalue weighted by molar-refractivity contribution is 0.0210. The maximum atomic E-state index is 12.2. The number of nitrogens with zero attached hydrogens (tertiary/aromatic N) is 3. The molecule has 0 spiro atoms. The van der Waals surface area contributed by atoms with Gasteiger partial charge in [0.1, 0.15) is 5.60 Å². The molecule has 2 rings (SSSR count). The van der Waals surface area contributed by atoms with Crippen molar-refractivity contribution in [3.63, 3.8) is 0 Å². The molecule has 0 aliphatic carbocycles. The summed E-state index contributed by atoms with van der Waals surface area (Å²) in [5, 5.41) is 4.36. The first kappa shape index (κ1) is 14.8. The molecule has 1 amide bonds. The molecule has 0 saturated carbocycles. The molecular weight excluding hydrogens is 256 g/mol. The van der Waals surface area contributed by atoms with Gasteiger partial charge >= 0.3 is 6.09 Å². The molecule has 1 unspecified atom stereocenters. The van der Waals surface area contributed by atoms with E-state index in [4.69, 9.17) is 10.5 Å². The molecule has 1 saturated heterocycles. The Morgan fingerprint density at radius 1 is 1.55 bits per heavy atom. The van der Waals surface area contributed by atoms with Crippen molar-refractivity contribution >= 4 is 6.09 Å². The predicted octanol–water partition coefficient (Wildman–Crippen LogP) is 1.53. The van der Waals surface area contributed by atoms with E-state index < -0.39 is 5.60 Å². The van der Waals surface area contributed by atoms with Gasteiger partial charge in [0.05, 0.1) is 18.3 Å². The minimum Gasteiger partial charge on any atom is -0.444 e. The Balaban J connectivity index is 2.04. The lowest BCUT2D eigenvalue weighted by Gasteiger charge is -2.28. The molecule has 1 aliphatic heterocycles. The second kappa shape index (κ2) is 5.44. The van der Waals surface area contributed by atoms with Crippen LogP contribution in [0.5, 0.6) is 0 Å². The van der Waals surface area contributed by atoms with Crippen LogP contribution in [0.25, 0.3) is 0 Å². The molecule has 20 heavy (non-hydrogen) atoms. The van der Waals surface area contributed by atoms with Gasteiger partial charge in [0.2, 0.25) is 0 Å². The lowest BCUT2D eigenvalue weighted by Crippen LogP contribution is -2.42. The summed E-state index contributed by atoms with van der Waals surface area (Å²) < 4.78 is 7.30. The van der Waals surface area contributed by atoms with E-state index >= 15 is 0 Å². The first-order valence-corrected chi connectivity index (χ1v) is 7.00. The molecule has 2 atom stereocenters. The van der Waals surface area contributed by atoms with Crippen LogP contribution in [0.15, 0.2) is 12.3 Å². The van der Waals surface area contributed by atoms with Crippen LogP contribution in [0.4, 0.5) is 4.79 Å². The molecule has 6 heteroatoms. The topological polar surface area (TPSA) is 73.4 Å². The molecule has 112 valence electrons. The van der Waals surface area contributed by atoms with Gasteiger partial charge in [-0.1, -0.05) is 0 Å². The highest BCUT2D eigenvalue weighted by Crippen LogP contribution is 2.21. The molecule has 6 nitrogen and oxygen atoms in total. The molecule has 0 radical (unpaired) electrons. The molecule has 1 aliphatic rings. The highest BCUT2D eigenvalue weighted by molar-refractivity contribution is 5.69. The minimum atomic E-state index is -0.489. The van der Waals surface area contributed by atoms with E-state index in [9.17, 15) is 4.79 Å². The Bertz CT molecular complexity index is 478. The maximum Gasteiger partial charge on any atom is 0.410 e. The summed E-state index contributed by atoms with van der Waals surface area (Å²) in [5.74, 6) is 0. The molecule has 0 bridgehead atoms. The van der Waals surface area contributed by atoms with Crippen molar-refractivity contribution in [1.82, 2.24) is 14.7 Å². The summed E-state index contributed by atoms with van der Waals surface area (Å²) in [6, 6.07) is 2.00. The van der Waals surface area contributed by atoms with Gasteiger partial charge < -0.3 is 15.4 Å². The number of carbonyl (C=O) groups excluding carboxylic acids is 1. The second-order valence-electron chi connectivity index (χ2n) is 6.46. The van der Waals surface area contributed by atoms with Crippen molar-refractivity contribution < 1.29 is 9.53 Å². The molecule has 1 aromatic rings. The Morgan fingerprint density at radius 2 is 2.25 bits per heavy atom. The van der Waals surface area contributed by atoms with Gasteiger partial charge in [-0.3, -0.25) is 4.68 Å². The van der Waals surface area contributed by atoms with Crippen molar-refractivity contribution in [3.05, 3.63) is 18.0 Å². The third-order valence-corrected chi connectivity index (χ3v) is 3.25. The van der Waals surface area contributed by atoms with Crippen LogP contribution in [0, 0.1) is 6.92 Å². The van der Waals surface area contributed by atoms with Crippen LogP contribution in [0.2, 0.25) is 0 Å². The number of nitrogens with two attached hydrogens (primary N) is 1. The van der Waals surface area contributed by atoms with Crippen molar-refractivity contribution in [3.8, 4) is 0 Å². The van der Waals surface area contributed by atoms with E-state index in [0.717, 1.165) is 12.1 Å². The fraction of sp³-hybridized carbons (Fsp3) is 0.714. The number of carbonyl (C=O) groups is 1. The number of rotatable bonds is 2. The average molecular weight is 280 g/mol. The molecular formula is C14H24N4O2. The van der Waals surface area contributed by atoms with Gasteiger partial charge in [-0.25, -0.2) is 4.79 Å². The fourth-order valence-electron chi connectivity index (χ4n) is 2.45. The Hall–Kier alpha value is -1.56. The molecule has 0 aromatic carbocycles. The third-order valence-electron chi connectivity index (χ3n) is 3.25. The van der Waals surface area contributed by atoms with Crippen LogP contribution in [-0.4, -0.2) is 45.0 Å². The van der Waals surface area contributed by atoms with Gasteiger partial charge in [0, 0.05) is 18.8 Å². The number of likely N-dealkylation sites (tertiary alicyclic amines) is 1. The van der Waals surface area contributed by atoms with Crippen molar-refractivity contribution in [1.29, 1.82) is 0 Å². The molecule has 2 heterocycles. The molecule has 1 aromatic heterocycles. The van der Waals surface area contributed by atoms with E-state index in [1.807, 2.05) is 44.6 Å². The third kappa shape index (κ3) is 3.72. The smallest absolute Gasteiger partial charge is 0.410 e. The van der Waals surface area contributed by atoms with E-state index in [2.05, 4.69) is 5.10 Å². The Labute approximate surface area is 119 Å². The summed E-state index contributed by atoms with van der Waals surface area (Å²) >= 11 is 0. The zero-order valence-corrected chi connectivity index (χ0v) is 12.7. The predicted molar refractivity (Wildman–Crippen MR) is 76.3 cm³/mol. The van der Waals surface area contributed by atoms with Gasteiger partial charge in [-0.2, -0.15) is 5.10 Å². The van der Waals surface area contributed by atoms with Gasteiger partial charge in [0.15, 0.2) is 0 Å². The summed E-state index contributed by atoms with van der Waals surface area (Å²) in [7, 11) is 0. The zero-order chi connectivity index (χ0) is 14.9. The Kier molecular flexibility index (Phi) is 4.04. The first-order valence-electron chi connectivity index (χ1n) is 7.00. The molecule has 2 N–H and O–H groups in total. The van der Waals surface area contributed by atoms with Crippen molar-refractivity contribution in [2.45, 2.75) is 58.3 Å². The number of aromatic nitrogens is 2. The van der Waals surface area contributed by atoms with Gasteiger partial charge in [-0.15, -0.1) is 0 Å². The summed E-state index contributed by atoms with van der Waals surface area (Å²) in [6.07, 6.45) is 2.41. The number of aryl methyl sites for hydroxylation is 1. The van der Waals surface area contributed by atoms with Gasteiger partial charge in [0.25, 0.3) is 0 Å². The van der Waals surface area contributed by atoms with E-state index in [-0.39, 0.29) is 18.2 Å². The van der Waals surface area contributed by atoms with Crippen molar-refractivity contribution in [2.75, 3.05) is 6.54 Å². The van der Waals surface area contributed by atoms with Crippen molar-refractivity contribution in [2.24, 2.45) is 5.73 Å². The standard InChI is InChI=1S/C14H24N4O2/c1-10-5-6-17(16-10)9-12-7-11(15)8-18(12)13(19)20-14(2,3)4/h5-6,11-12H,7-9,15H2,1-4H3/t11?,12-/m1/s1. The number of hydrogen-bond acceptors (Lipinski definition) is 4. The number of ether oxygens (including phenoxy) is 1. The molecule has 1 fully saturated rings. The summed E-state index contributed by atoms with van der Waals surface area (Å²) in [5.41, 5.74) is 6.48. The van der Waals surface area contributed by atoms with E-state index in [1.54, 1.807) is 4.90 Å². The zero-order valence-electron chi connectivity index (χ0n) is 12.7. The highest BCUT2D eigenvalue weighted by Gasteiger charge is 2.36. The SMILES string of the molecule is Cc1ccn(C[C@H]2CC(N)CN2C(=O)OC(C)(C)C)n1. The number of amides is 1. The van der Waals surface area contributed by atoms with E-state index in [0.29, 0.717) is 13.1 Å². The highest BCUT2D eigenvalue weighted by atomic mass is 16.6. The first-order chi connectivity index (χ1) is 9.24. The normalized spacial score (nSPS) is 23.1. The fourth-order valence-corrected chi connectivity index (χ4v) is 2.45. The van der Waals surface area contributed by atoms with Crippen LogP contribution >= 0.6 is 0 Å². The monoisotopic (exact) mass is 280 g/mol. The van der Waals surface area contributed by atoms with Crippen LogP contribution in [0.3, 0.4) is 0 Å². The van der Waals surface area contributed by atoms with Crippen LogP contribution in [0.1, 0.15) is 32.9 Å². The largest absolute Gasteiger partial charge is 0.444 e. The van der Waals surface area contributed by atoms with Crippen LogP contribution in [-0.2, 0) is 11.3 Å². The van der Waals surface area contributed by atoms with Gasteiger partial charge in [-0.05, 0) is 40.2 Å². The Morgan fingerprint density at radius 3 is 2.80 bits per heavy atom. The average Bonchev–Trinajstić information content (AvgIpc) is 2.83.